The first-order chi connectivity index (χ1) is 5.55. The molecule has 0 aromatic heterocycles. The number of hydrogen-bond donors (Lipinski definition) is 1. The minimum Gasteiger partial charge on any atom is -0.316 e. The van der Waals surface area contributed by atoms with Crippen LogP contribution >= 0.6 is 11.8 Å². The van der Waals surface area contributed by atoms with Crippen LogP contribution in [0.5, 0.6) is 0 Å². The first kappa shape index (κ1) is 10.4. The van der Waals surface area contributed by atoms with E-state index in [2.05, 4.69) is 44.9 Å². The van der Waals surface area contributed by atoms with Gasteiger partial charge in [-0.15, -0.1) is 0 Å². The lowest BCUT2D eigenvalue weighted by molar-refractivity contribution is 0.216. The van der Waals surface area contributed by atoms with Crippen LogP contribution in [-0.4, -0.2) is 24.6 Å². The van der Waals surface area contributed by atoms with E-state index in [1.807, 2.05) is 0 Å². The molecule has 1 aliphatic heterocycles. The average Bonchev–Trinajstić information content (AvgIpc) is 2.38. The Morgan fingerprint density at radius 3 is 2.42 bits per heavy atom. The highest BCUT2D eigenvalue weighted by Gasteiger charge is 2.32. The summed E-state index contributed by atoms with van der Waals surface area (Å²) in [5.74, 6) is 3.60. The summed E-state index contributed by atoms with van der Waals surface area (Å²) >= 11 is 2.10. The Morgan fingerprint density at radius 1 is 1.42 bits per heavy atom. The van der Waals surface area contributed by atoms with E-state index >= 15 is 0 Å². The van der Waals surface area contributed by atoms with Crippen LogP contribution in [0.4, 0.5) is 0 Å². The summed E-state index contributed by atoms with van der Waals surface area (Å²) in [6.07, 6.45) is 1.40. The van der Waals surface area contributed by atoms with Crippen LogP contribution in [0, 0.1) is 11.3 Å². The Kier molecular flexibility index (Phi) is 3.47. The van der Waals surface area contributed by atoms with Gasteiger partial charge in [0.15, 0.2) is 0 Å². The molecule has 1 nitrogen and oxygen atoms in total. The van der Waals surface area contributed by atoms with Crippen molar-refractivity contribution >= 4 is 11.8 Å². The largest absolute Gasteiger partial charge is 0.316 e. The van der Waals surface area contributed by atoms with E-state index in [-0.39, 0.29) is 0 Å². The number of thioether (sulfide) groups is 1. The van der Waals surface area contributed by atoms with Crippen LogP contribution in [0.2, 0.25) is 0 Å². The third-order valence-electron chi connectivity index (χ3n) is 2.68. The van der Waals surface area contributed by atoms with Gasteiger partial charge in [0.05, 0.1) is 0 Å². The third kappa shape index (κ3) is 2.40. The van der Waals surface area contributed by atoms with E-state index in [0.717, 1.165) is 5.92 Å². The highest BCUT2D eigenvalue weighted by atomic mass is 32.2. The van der Waals surface area contributed by atoms with Crippen LogP contribution in [0.3, 0.4) is 0 Å². The quantitative estimate of drug-likeness (QED) is 0.712. The van der Waals surface area contributed by atoms with Gasteiger partial charge in [-0.05, 0) is 36.3 Å². The average molecular weight is 187 g/mol. The molecule has 0 amide bonds. The normalized spacial score (nSPS) is 27.5. The molecule has 2 unspecified atom stereocenters. The predicted octanol–water partition coefficient (Wildman–Crippen LogP) is 2.37. The van der Waals surface area contributed by atoms with Crippen molar-refractivity contribution in [2.24, 2.45) is 11.3 Å². The highest BCUT2D eigenvalue weighted by Crippen LogP contribution is 2.34. The van der Waals surface area contributed by atoms with E-state index in [1.54, 1.807) is 0 Å². The fraction of sp³-hybridized carbons (Fsp3) is 1.00. The Hall–Kier alpha value is 0.310. The monoisotopic (exact) mass is 187 g/mol. The van der Waals surface area contributed by atoms with Gasteiger partial charge in [0, 0.05) is 6.04 Å². The maximum Gasteiger partial charge on any atom is 0.0149 e. The molecule has 1 heterocycles. The summed E-state index contributed by atoms with van der Waals surface area (Å²) in [6, 6.07) is 0.687. The minimum absolute atomic E-state index is 0.407. The molecule has 0 spiro atoms. The Labute approximate surface area is 80.7 Å². The van der Waals surface area contributed by atoms with Gasteiger partial charge in [-0.2, -0.15) is 11.8 Å². The molecule has 2 heteroatoms. The van der Waals surface area contributed by atoms with Crippen LogP contribution in [0.1, 0.15) is 27.2 Å². The standard InChI is InChI=1S/C10H21NS/c1-10(2,3)9(11-4)8-5-6-12-7-8/h8-9,11H,5-7H2,1-4H3. The van der Waals surface area contributed by atoms with Gasteiger partial charge in [0.25, 0.3) is 0 Å². The summed E-state index contributed by atoms with van der Waals surface area (Å²) in [5.41, 5.74) is 0.407. The fourth-order valence-electron chi connectivity index (χ4n) is 2.19. The lowest BCUT2D eigenvalue weighted by Gasteiger charge is -2.34. The van der Waals surface area contributed by atoms with Crippen molar-refractivity contribution in [1.29, 1.82) is 0 Å². The summed E-state index contributed by atoms with van der Waals surface area (Å²) in [5, 5.41) is 3.47. The van der Waals surface area contributed by atoms with Crippen LogP contribution in [0.25, 0.3) is 0 Å². The third-order valence-corrected chi connectivity index (χ3v) is 3.87. The van der Waals surface area contributed by atoms with Gasteiger partial charge in [0.2, 0.25) is 0 Å². The molecule has 0 aromatic carbocycles. The fourth-order valence-corrected chi connectivity index (χ4v) is 3.49. The predicted molar refractivity (Wildman–Crippen MR) is 57.7 cm³/mol. The molecule has 1 aliphatic rings. The second kappa shape index (κ2) is 4.01. The van der Waals surface area contributed by atoms with E-state index in [0.29, 0.717) is 11.5 Å². The van der Waals surface area contributed by atoms with E-state index in [9.17, 15) is 0 Å². The summed E-state index contributed by atoms with van der Waals surface area (Å²) < 4.78 is 0. The minimum atomic E-state index is 0.407. The van der Waals surface area contributed by atoms with Crippen LogP contribution < -0.4 is 5.32 Å². The molecule has 0 aliphatic carbocycles. The first-order valence-electron chi connectivity index (χ1n) is 4.80. The van der Waals surface area contributed by atoms with Gasteiger partial charge in [-0.3, -0.25) is 0 Å². The molecule has 1 rings (SSSR count). The molecular weight excluding hydrogens is 166 g/mol. The molecule has 0 aromatic rings. The zero-order valence-corrected chi connectivity index (χ0v) is 9.50. The Bertz CT molecular complexity index is 133. The molecule has 0 radical (unpaired) electrons. The molecule has 72 valence electrons. The van der Waals surface area contributed by atoms with E-state index in [1.165, 1.54) is 17.9 Å². The maximum absolute atomic E-state index is 3.47. The van der Waals surface area contributed by atoms with E-state index < -0.39 is 0 Å². The van der Waals surface area contributed by atoms with Gasteiger partial charge >= 0.3 is 0 Å². The van der Waals surface area contributed by atoms with Gasteiger partial charge in [-0.1, -0.05) is 20.8 Å². The lowest BCUT2D eigenvalue weighted by atomic mass is 9.79. The van der Waals surface area contributed by atoms with Gasteiger partial charge in [0.1, 0.15) is 0 Å². The molecule has 1 saturated heterocycles. The number of hydrogen-bond acceptors (Lipinski definition) is 2. The van der Waals surface area contributed by atoms with Crippen molar-refractivity contribution < 1.29 is 0 Å². The topological polar surface area (TPSA) is 12.0 Å². The molecule has 1 N–H and O–H groups in total. The van der Waals surface area contributed by atoms with Crippen LogP contribution in [0.15, 0.2) is 0 Å². The van der Waals surface area contributed by atoms with Crippen molar-refractivity contribution in [2.45, 2.75) is 33.2 Å². The van der Waals surface area contributed by atoms with Gasteiger partial charge in [-0.25, -0.2) is 0 Å². The van der Waals surface area contributed by atoms with Gasteiger partial charge < -0.3 is 5.32 Å². The van der Waals surface area contributed by atoms with Crippen molar-refractivity contribution in [3.05, 3.63) is 0 Å². The zero-order valence-electron chi connectivity index (χ0n) is 8.68. The van der Waals surface area contributed by atoms with Crippen molar-refractivity contribution in [2.75, 3.05) is 18.6 Å². The highest BCUT2D eigenvalue weighted by molar-refractivity contribution is 7.99. The Balaban J connectivity index is 2.54. The summed E-state index contributed by atoms with van der Waals surface area (Å²) in [6.45, 7) is 6.99. The molecule has 1 fully saturated rings. The van der Waals surface area contributed by atoms with Crippen molar-refractivity contribution in [3.8, 4) is 0 Å². The summed E-state index contributed by atoms with van der Waals surface area (Å²) in [4.78, 5) is 0. The zero-order chi connectivity index (χ0) is 9.19. The molecule has 12 heavy (non-hydrogen) atoms. The number of rotatable bonds is 2. The lowest BCUT2D eigenvalue weighted by Crippen LogP contribution is -2.44. The molecule has 0 bridgehead atoms. The molecule has 2 atom stereocenters. The second-order valence-electron chi connectivity index (χ2n) is 4.76. The van der Waals surface area contributed by atoms with Crippen LogP contribution in [-0.2, 0) is 0 Å². The molecular formula is C10H21NS. The molecule has 0 saturated carbocycles. The first-order valence-corrected chi connectivity index (χ1v) is 5.96. The van der Waals surface area contributed by atoms with Crippen molar-refractivity contribution in [3.63, 3.8) is 0 Å². The van der Waals surface area contributed by atoms with Crippen molar-refractivity contribution in [1.82, 2.24) is 5.32 Å². The smallest absolute Gasteiger partial charge is 0.0149 e. The second-order valence-corrected chi connectivity index (χ2v) is 5.91. The summed E-state index contributed by atoms with van der Waals surface area (Å²) in [7, 11) is 2.10. The SMILES string of the molecule is CNC(C1CCSC1)C(C)(C)C. The van der Waals surface area contributed by atoms with E-state index in [4.69, 9.17) is 0 Å². The Morgan fingerprint density at radius 2 is 2.08 bits per heavy atom. The number of nitrogens with one attached hydrogen (secondary N) is 1. The maximum atomic E-state index is 3.47.